The number of halogens is 1. The van der Waals surface area contributed by atoms with Gasteiger partial charge in [0.2, 0.25) is 11.8 Å². The van der Waals surface area contributed by atoms with Crippen molar-refractivity contribution in [1.29, 1.82) is 5.26 Å². The molecular weight excluding hydrogens is 742 g/mol. The second-order valence-corrected chi connectivity index (χ2v) is 18.0. The normalized spacial score (nSPS) is 24.1. The molecule has 12 nitrogen and oxygen atoms in total. The molecule has 1 unspecified atom stereocenters. The number of hydrogen-bond acceptors (Lipinski definition) is 9. The van der Waals surface area contributed by atoms with Crippen molar-refractivity contribution < 1.29 is 24.0 Å². The number of benzene rings is 3. The van der Waals surface area contributed by atoms with Gasteiger partial charge in [0.15, 0.2) is 0 Å². The van der Waals surface area contributed by atoms with E-state index < -0.39 is 23.8 Å². The van der Waals surface area contributed by atoms with Crippen LogP contribution in [0.5, 0.6) is 0 Å². The highest BCUT2D eigenvalue weighted by Crippen LogP contribution is 2.57. The predicted octanol–water partition coefficient (Wildman–Crippen LogP) is 5.51. The Kier molecular flexibility index (Phi) is 9.68. The summed E-state index contributed by atoms with van der Waals surface area (Å²) in [7, 11) is 2.04. The molecule has 3 aromatic carbocycles. The molecule has 5 aliphatic rings. The van der Waals surface area contributed by atoms with Gasteiger partial charge in [0.05, 0.1) is 21.7 Å². The van der Waals surface area contributed by atoms with Gasteiger partial charge in [-0.15, -0.1) is 0 Å². The van der Waals surface area contributed by atoms with Crippen LogP contribution in [0.3, 0.4) is 0 Å². The molecule has 2 N–H and O–H groups in total. The number of fused-ring (bicyclic) bond motifs is 2. The van der Waals surface area contributed by atoms with Crippen LogP contribution in [0.25, 0.3) is 0 Å². The van der Waals surface area contributed by atoms with Crippen LogP contribution in [0.4, 0.5) is 11.4 Å². The largest absolute Gasteiger partial charge is 0.372 e. The van der Waals surface area contributed by atoms with Crippen molar-refractivity contribution in [1.82, 2.24) is 20.4 Å². The first-order valence-electron chi connectivity index (χ1n) is 19.8. The molecule has 1 saturated carbocycles. The van der Waals surface area contributed by atoms with Gasteiger partial charge >= 0.3 is 0 Å². The summed E-state index contributed by atoms with van der Waals surface area (Å²) in [5.41, 5.74) is 5.36. The number of amides is 5. The van der Waals surface area contributed by atoms with Crippen molar-refractivity contribution in [2.75, 3.05) is 36.5 Å². The summed E-state index contributed by atoms with van der Waals surface area (Å²) < 4.78 is 0. The summed E-state index contributed by atoms with van der Waals surface area (Å²) in [5, 5.41) is 15.3. The van der Waals surface area contributed by atoms with Gasteiger partial charge in [0.25, 0.3) is 17.7 Å². The zero-order chi connectivity index (χ0) is 40.6. The number of piperidine rings is 2. The molecule has 4 heterocycles. The van der Waals surface area contributed by atoms with Gasteiger partial charge in [-0.25, -0.2) is 0 Å². The van der Waals surface area contributed by atoms with Gasteiger partial charge in [0.1, 0.15) is 12.1 Å². The molecule has 8 rings (SSSR count). The highest BCUT2D eigenvalue weighted by atomic mass is 35.5. The number of rotatable bonds is 8. The van der Waals surface area contributed by atoms with Crippen LogP contribution in [0.1, 0.15) is 101 Å². The molecule has 0 aromatic heterocycles. The van der Waals surface area contributed by atoms with Crippen molar-refractivity contribution in [3.8, 4) is 6.07 Å². The average Bonchev–Trinajstić information content (AvgIpc) is 3.68. The minimum atomic E-state index is -0.965. The standard InChI is InChI=1S/C44H48ClN7O5/c1-43(2)41(44(3,4)42(43)49(5)31-11-8-27(21-46)34(45)20-31)48-37(54)26-6-9-30(10-7-26)51-16-14-25(15-17-51)22-50-23-28-18-32-33(19-29(28)24-50)40(57)52(39(32)56)35-12-13-36(53)47-38(35)55/h6-11,18-20,25,35,41-42H,12-17,22-24H2,1-5H3,(H,48,54)(H,47,53,55). The van der Waals surface area contributed by atoms with E-state index in [-0.39, 0.29) is 47.6 Å². The molecule has 3 aromatic rings. The molecule has 13 heteroatoms. The summed E-state index contributed by atoms with van der Waals surface area (Å²) in [6.45, 7) is 12.9. The van der Waals surface area contributed by atoms with Crippen LogP contribution >= 0.6 is 11.6 Å². The summed E-state index contributed by atoms with van der Waals surface area (Å²) in [6, 6.07) is 18.2. The minimum absolute atomic E-state index is 0.0675. The monoisotopic (exact) mass is 789 g/mol. The Balaban J connectivity index is 0.829. The van der Waals surface area contributed by atoms with E-state index in [0.717, 1.165) is 59.9 Å². The molecular formula is C44H48ClN7O5. The Labute approximate surface area is 338 Å². The van der Waals surface area contributed by atoms with Gasteiger partial charge in [-0.2, -0.15) is 5.26 Å². The molecule has 0 spiro atoms. The van der Waals surface area contributed by atoms with E-state index in [9.17, 15) is 29.2 Å². The van der Waals surface area contributed by atoms with Gasteiger partial charge < -0.3 is 15.1 Å². The maximum absolute atomic E-state index is 13.6. The van der Waals surface area contributed by atoms with Crippen LogP contribution in [0.2, 0.25) is 5.02 Å². The highest BCUT2D eigenvalue weighted by molar-refractivity contribution is 6.32. The summed E-state index contributed by atoms with van der Waals surface area (Å²) >= 11 is 6.36. The molecule has 57 heavy (non-hydrogen) atoms. The van der Waals surface area contributed by atoms with E-state index in [0.29, 0.717) is 46.3 Å². The van der Waals surface area contributed by atoms with E-state index >= 15 is 0 Å². The van der Waals surface area contributed by atoms with Crippen LogP contribution in [-0.2, 0) is 22.7 Å². The summed E-state index contributed by atoms with van der Waals surface area (Å²) in [4.78, 5) is 72.3. The minimum Gasteiger partial charge on any atom is -0.372 e. The van der Waals surface area contributed by atoms with Crippen molar-refractivity contribution in [3.63, 3.8) is 0 Å². The lowest BCUT2D eigenvalue weighted by Crippen LogP contribution is -2.77. The molecule has 4 aliphatic heterocycles. The third-order valence-corrected chi connectivity index (χ3v) is 13.5. The number of anilines is 2. The molecule has 296 valence electrons. The fourth-order valence-corrected chi connectivity index (χ4v) is 11.0. The smallest absolute Gasteiger partial charge is 0.262 e. The maximum atomic E-state index is 13.6. The van der Waals surface area contributed by atoms with Gasteiger partial charge in [-0.05, 0) is 90.9 Å². The summed E-state index contributed by atoms with van der Waals surface area (Å²) in [6.07, 6.45) is 2.29. The lowest BCUT2D eigenvalue weighted by Gasteiger charge is -2.67. The number of hydrogen-bond donors (Lipinski definition) is 2. The van der Waals surface area contributed by atoms with Gasteiger partial charge in [-0.3, -0.25) is 39.1 Å². The van der Waals surface area contributed by atoms with E-state index in [2.05, 4.69) is 59.1 Å². The fraction of sp³-hybridized carbons (Fsp3) is 0.455. The SMILES string of the molecule is CN(c1ccc(C#N)c(Cl)c1)C1C(C)(C)C(NC(=O)c2ccc(N3CCC(CN4Cc5cc6c(cc5C4)C(=O)N(C4CCC(=O)NC4=O)C6=O)CC3)cc2)C1(C)C. The Morgan fingerprint density at radius 2 is 1.53 bits per heavy atom. The lowest BCUT2D eigenvalue weighted by atomic mass is 9.47. The molecule has 5 amide bonds. The molecule has 0 bridgehead atoms. The number of carbonyl (C=O) groups excluding carboxylic acids is 5. The molecule has 1 aliphatic carbocycles. The average molecular weight is 790 g/mol. The van der Waals surface area contributed by atoms with Crippen LogP contribution < -0.4 is 20.4 Å². The Morgan fingerprint density at radius 1 is 0.912 bits per heavy atom. The first kappa shape index (κ1) is 38.6. The first-order chi connectivity index (χ1) is 27.1. The number of nitrogens with one attached hydrogen (secondary N) is 2. The molecule has 2 saturated heterocycles. The molecule has 3 fully saturated rings. The van der Waals surface area contributed by atoms with Crippen LogP contribution in [0, 0.1) is 28.1 Å². The third kappa shape index (κ3) is 6.64. The van der Waals surface area contributed by atoms with Gasteiger partial charge in [-0.1, -0.05) is 39.3 Å². The van der Waals surface area contributed by atoms with Crippen molar-refractivity contribution in [2.24, 2.45) is 16.7 Å². The van der Waals surface area contributed by atoms with Crippen LogP contribution in [0.15, 0.2) is 54.6 Å². The van der Waals surface area contributed by atoms with Crippen molar-refractivity contribution in [3.05, 3.63) is 93.0 Å². The second-order valence-electron chi connectivity index (χ2n) is 17.6. The maximum Gasteiger partial charge on any atom is 0.262 e. The fourth-order valence-electron chi connectivity index (χ4n) is 10.8. The molecule has 0 radical (unpaired) electrons. The number of nitriles is 1. The van der Waals surface area contributed by atoms with E-state index in [1.54, 1.807) is 6.07 Å². The van der Waals surface area contributed by atoms with Crippen molar-refractivity contribution in [2.45, 2.75) is 84.6 Å². The lowest BCUT2D eigenvalue weighted by molar-refractivity contribution is -0.136. The summed E-state index contributed by atoms with van der Waals surface area (Å²) in [5.74, 6) is -1.52. The predicted molar refractivity (Wildman–Crippen MR) is 216 cm³/mol. The zero-order valence-electron chi connectivity index (χ0n) is 33.0. The second kappa shape index (κ2) is 14.3. The number of imide groups is 2. The highest BCUT2D eigenvalue weighted by Gasteiger charge is 2.63. The Bertz CT molecular complexity index is 2180. The zero-order valence-corrected chi connectivity index (χ0v) is 33.8. The number of nitrogens with zero attached hydrogens (tertiary/aromatic N) is 5. The van der Waals surface area contributed by atoms with E-state index in [1.165, 1.54) is 0 Å². The first-order valence-corrected chi connectivity index (χ1v) is 20.1. The quantitative estimate of drug-likeness (QED) is 0.282. The van der Waals surface area contributed by atoms with E-state index in [4.69, 9.17) is 11.6 Å². The Hall–Kier alpha value is -5.25. The van der Waals surface area contributed by atoms with E-state index in [1.807, 2.05) is 55.6 Å². The third-order valence-electron chi connectivity index (χ3n) is 13.2. The number of carbonyl (C=O) groups is 5. The van der Waals surface area contributed by atoms with Crippen molar-refractivity contribution >= 4 is 52.5 Å². The Morgan fingerprint density at radius 3 is 2.09 bits per heavy atom. The topological polar surface area (TPSA) is 146 Å². The molecule has 1 atom stereocenters. The van der Waals surface area contributed by atoms with Gasteiger partial charge in [0, 0.05) is 86.0 Å². The van der Waals surface area contributed by atoms with Crippen LogP contribution in [-0.4, -0.2) is 84.1 Å².